The van der Waals surface area contributed by atoms with Crippen LogP contribution >= 0.6 is 0 Å². The molecule has 0 saturated carbocycles. The van der Waals surface area contributed by atoms with Gasteiger partial charge in [0.15, 0.2) is 0 Å². The van der Waals surface area contributed by atoms with Crippen molar-refractivity contribution in [1.82, 2.24) is 4.31 Å². The van der Waals surface area contributed by atoms with Gasteiger partial charge in [0.25, 0.3) is 11.8 Å². The Labute approximate surface area is 204 Å². The number of carbonyl (C=O) groups is 2. The van der Waals surface area contributed by atoms with Crippen LogP contribution in [-0.2, 0) is 14.8 Å². The third-order valence-corrected chi connectivity index (χ3v) is 8.25. The summed E-state index contributed by atoms with van der Waals surface area (Å²) in [5, 5.41) is 11.1. The molecule has 2 heterocycles. The van der Waals surface area contributed by atoms with E-state index in [9.17, 15) is 23.1 Å². The molecule has 3 aromatic rings. The minimum atomic E-state index is -3.79. The molecule has 5 rings (SSSR count). The molecule has 1 saturated heterocycles. The third kappa shape index (κ3) is 4.05. The molecule has 0 bridgehead atoms. The van der Waals surface area contributed by atoms with Crippen LogP contribution in [0, 0.1) is 0 Å². The molecule has 2 aliphatic rings. The van der Waals surface area contributed by atoms with E-state index < -0.39 is 21.8 Å². The summed E-state index contributed by atoms with van der Waals surface area (Å²) in [6.07, 6.45) is 2.57. The first-order valence-electron chi connectivity index (χ1n) is 11.5. The number of aliphatic hydroxyl groups excluding tert-OH is 1. The number of aliphatic hydroxyl groups is 1. The van der Waals surface area contributed by atoms with Crippen molar-refractivity contribution in [2.24, 2.45) is 0 Å². The molecule has 0 unspecified atom stereocenters. The van der Waals surface area contributed by atoms with Crippen LogP contribution in [0.2, 0.25) is 0 Å². The number of amides is 2. The number of fused-ring (bicyclic) bond motifs is 1. The van der Waals surface area contributed by atoms with E-state index in [-0.39, 0.29) is 27.5 Å². The van der Waals surface area contributed by atoms with Gasteiger partial charge in [0.2, 0.25) is 10.0 Å². The van der Waals surface area contributed by atoms with E-state index in [4.69, 9.17) is 0 Å². The molecule has 7 nitrogen and oxygen atoms in total. The summed E-state index contributed by atoms with van der Waals surface area (Å²) in [7, 11) is -3.79. The Morgan fingerprint density at radius 1 is 0.800 bits per heavy atom. The average Bonchev–Trinajstić information content (AvgIpc) is 3.20. The number of hydrogen-bond acceptors (Lipinski definition) is 5. The Morgan fingerprint density at radius 2 is 1.40 bits per heavy atom. The van der Waals surface area contributed by atoms with Crippen molar-refractivity contribution in [3.63, 3.8) is 0 Å². The Balaban J connectivity index is 1.67. The highest BCUT2D eigenvalue weighted by atomic mass is 32.2. The lowest BCUT2D eigenvalue weighted by molar-refractivity contribution is -0.112. The Hall–Kier alpha value is -3.75. The fourth-order valence-corrected chi connectivity index (χ4v) is 6.09. The topological polar surface area (TPSA) is 95.0 Å². The van der Waals surface area contributed by atoms with Crippen molar-refractivity contribution in [1.29, 1.82) is 0 Å². The van der Waals surface area contributed by atoms with Crippen LogP contribution < -0.4 is 4.90 Å². The second-order valence-corrected chi connectivity index (χ2v) is 10.5. The SMILES string of the molecule is O=C1/C(=C(\O)c2ccccc2)c2cc(S(=O)(=O)N3CCCCC3)ccc2N1C(=O)c1ccccc1. The van der Waals surface area contributed by atoms with Crippen LogP contribution in [0.4, 0.5) is 5.69 Å². The van der Waals surface area contributed by atoms with E-state index in [0.717, 1.165) is 24.2 Å². The summed E-state index contributed by atoms with van der Waals surface area (Å²) in [5.41, 5.74) is 1.03. The normalized spacial score (nSPS) is 17.8. The predicted octanol–water partition coefficient (Wildman–Crippen LogP) is 4.47. The number of carbonyl (C=O) groups excluding carboxylic acids is 2. The van der Waals surface area contributed by atoms with Crippen molar-refractivity contribution in [3.05, 3.63) is 95.6 Å². The maximum absolute atomic E-state index is 13.6. The number of piperidine rings is 1. The average molecular weight is 489 g/mol. The number of sulfonamides is 1. The molecule has 2 aliphatic heterocycles. The highest BCUT2D eigenvalue weighted by Crippen LogP contribution is 2.42. The summed E-state index contributed by atoms with van der Waals surface area (Å²) in [5.74, 6) is -1.57. The molecule has 3 aromatic carbocycles. The van der Waals surface area contributed by atoms with Gasteiger partial charge in [-0.05, 0) is 43.2 Å². The van der Waals surface area contributed by atoms with E-state index in [1.165, 1.54) is 22.5 Å². The number of rotatable bonds is 4. The lowest BCUT2D eigenvalue weighted by Crippen LogP contribution is -2.35. The van der Waals surface area contributed by atoms with Gasteiger partial charge in [-0.15, -0.1) is 0 Å². The number of hydrogen-bond donors (Lipinski definition) is 1. The maximum Gasteiger partial charge on any atom is 0.269 e. The quantitative estimate of drug-likeness (QED) is 0.332. The van der Waals surface area contributed by atoms with Gasteiger partial charge < -0.3 is 5.11 Å². The van der Waals surface area contributed by atoms with Crippen molar-refractivity contribution < 1.29 is 23.1 Å². The second kappa shape index (κ2) is 9.13. The number of anilines is 1. The van der Waals surface area contributed by atoms with Gasteiger partial charge in [-0.1, -0.05) is 55.0 Å². The smallest absolute Gasteiger partial charge is 0.269 e. The van der Waals surface area contributed by atoms with E-state index in [2.05, 4.69) is 0 Å². The molecule has 1 fully saturated rings. The summed E-state index contributed by atoms with van der Waals surface area (Å²) in [6.45, 7) is 0.879. The van der Waals surface area contributed by atoms with E-state index in [1.54, 1.807) is 60.7 Å². The predicted molar refractivity (Wildman–Crippen MR) is 133 cm³/mol. The molecule has 2 amide bonds. The second-order valence-electron chi connectivity index (χ2n) is 8.55. The molecule has 0 radical (unpaired) electrons. The Kier molecular flexibility index (Phi) is 6.00. The zero-order chi connectivity index (χ0) is 24.6. The summed E-state index contributed by atoms with van der Waals surface area (Å²) >= 11 is 0. The zero-order valence-corrected chi connectivity index (χ0v) is 19.7. The van der Waals surface area contributed by atoms with Gasteiger partial charge in [-0.3, -0.25) is 9.59 Å². The fourth-order valence-electron chi connectivity index (χ4n) is 4.54. The first-order valence-corrected chi connectivity index (χ1v) is 12.9. The molecule has 0 aromatic heterocycles. The molecular weight excluding hydrogens is 464 g/mol. The van der Waals surface area contributed by atoms with E-state index in [0.29, 0.717) is 24.2 Å². The van der Waals surface area contributed by atoms with E-state index in [1.807, 2.05) is 0 Å². The van der Waals surface area contributed by atoms with Gasteiger partial charge in [0.05, 0.1) is 16.2 Å². The third-order valence-electron chi connectivity index (χ3n) is 6.36. The van der Waals surface area contributed by atoms with E-state index >= 15 is 0 Å². The van der Waals surface area contributed by atoms with Crippen molar-refractivity contribution >= 4 is 38.9 Å². The molecule has 178 valence electrons. The highest BCUT2D eigenvalue weighted by Gasteiger charge is 2.40. The summed E-state index contributed by atoms with van der Waals surface area (Å²) in [6, 6.07) is 21.1. The van der Waals surface area contributed by atoms with Crippen molar-refractivity contribution in [2.75, 3.05) is 18.0 Å². The first-order chi connectivity index (χ1) is 16.9. The van der Waals surface area contributed by atoms with Gasteiger partial charge >= 0.3 is 0 Å². The Morgan fingerprint density at radius 3 is 2.03 bits per heavy atom. The van der Waals surface area contributed by atoms with Crippen LogP contribution in [0.1, 0.15) is 40.7 Å². The Bertz CT molecular complexity index is 1430. The maximum atomic E-state index is 13.6. The van der Waals surface area contributed by atoms with Gasteiger partial charge in [0.1, 0.15) is 5.76 Å². The highest BCUT2D eigenvalue weighted by molar-refractivity contribution is 7.89. The molecular formula is C27H24N2O5S. The standard InChI is InChI=1S/C27H24N2O5S/c30-25(19-10-4-1-5-11-19)24-22-18-21(35(33,34)28-16-8-3-9-17-28)14-15-23(22)29(27(24)32)26(31)20-12-6-2-7-13-20/h1-2,4-7,10-15,18,30H,3,8-9,16-17H2/b25-24-. The minimum absolute atomic E-state index is 0.0262. The van der Waals surface area contributed by atoms with Gasteiger partial charge in [0, 0.05) is 29.8 Å². The molecule has 1 N–H and O–H groups in total. The minimum Gasteiger partial charge on any atom is -0.506 e. The number of benzene rings is 3. The van der Waals surface area contributed by atoms with Gasteiger partial charge in [-0.25, -0.2) is 13.3 Å². The van der Waals surface area contributed by atoms with Crippen LogP contribution in [0.15, 0.2) is 83.8 Å². The van der Waals surface area contributed by atoms with Crippen LogP contribution in [0.25, 0.3) is 11.3 Å². The number of imide groups is 1. The zero-order valence-electron chi connectivity index (χ0n) is 18.9. The lowest BCUT2D eigenvalue weighted by Gasteiger charge is -2.26. The first kappa shape index (κ1) is 23.0. The molecule has 0 atom stereocenters. The van der Waals surface area contributed by atoms with Crippen LogP contribution in [0.3, 0.4) is 0 Å². The summed E-state index contributed by atoms with van der Waals surface area (Å²) in [4.78, 5) is 27.9. The van der Waals surface area contributed by atoms with Gasteiger partial charge in [-0.2, -0.15) is 4.31 Å². The van der Waals surface area contributed by atoms with Crippen LogP contribution in [-0.4, -0.2) is 42.7 Å². The number of nitrogens with zero attached hydrogens (tertiary/aromatic N) is 2. The lowest BCUT2D eigenvalue weighted by atomic mass is 10.0. The van der Waals surface area contributed by atoms with Crippen molar-refractivity contribution in [3.8, 4) is 0 Å². The largest absolute Gasteiger partial charge is 0.506 e. The molecule has 0 spiro atoms. The fraction of sp³-hybridized carbons (Fsp3) is 0.185. The molecule has 8 heteroatoms. The van der Waals surface area contributed by atoms with Crippen LogP contribution in [0.5, 0.6) is 0 Å². The molecule has 35 heavy (non-hydrogen) atoms. The van der Waals surface area contributed by atoms with Crippen molar-refractivity contribution in [2.45, 2.75) is 24.2 Å². The monoisotopic (exact) mass is 488 g/mol. The molecule has 0 aliphatic carbocycles. The summed E-state index contributed by atoms with van der Waals surface area (Å²) < 4.78 is 28.1.